The monoisotopic (exact) mass is 340 g/mol. The molecule has 130 valence electrons. The summed E-state index contributed by atoms with van der Waals surface area (Å²) in [4.78, 5) is 15.4. The molecule has 0 radical (unpaired) electrons. The Morgan fingerprint density at radius 2 is 1.84 bits per heavy atom. The molecule has 1 heterocycles. The lowest BCUT2D eigenvalue weighted by molar-refractivity contribution is 0.0946. The first kappa shape index (κ1) is 17.1. The Bertz CT molecular complexity index is 873. The Kier molecular flexibility index (Phi) is 5.11. The van der Waals surface area contributed by atoms with E-state index in [9.17, 15) is 9.18 Å². The molecule has 3 rings (SSSR count). The van der Waals surface area contributed by atoms with Gasteiger partial charge in [0, 0.05) is 23.5 Å². The third-order valence-electron chi connectivity index (χ3n) is 4.11. The van der Waals surface area contributed by atoms with Crippen LogP contribution in [0.2, 0.25) is 0 Å². The summed E-state index contributed by atoms with van der Waals surface area (Å²) in [5.41, 5.74) is 14.5. The maximum absolute atomic E-state index is 13.1. The molecule has 0 bridgehead atoms. The van der Waals surface area contributed by atoms with Crippen LogP contribution in [0.15, 0.2) is 48.5 Å². The van der Waals surface area contributed by atoms with E-state index in [2.05, 4.69) is 10.3 Å². The number of halogens is 1. The third kappa shape index (κ3) is 4.04. The predicted octanol–water partition coefficient (Wildman–Crippen LogP) is 2.38. The molecule has 0 aliphatic heterocycles. The number of rotatable bonds is 6. The van der Waals surface area contributed by atoms with Crippen LogP contribution in [0.5, 0.6) is 0 Å². The fourth-order valence-corrected chi connectivity index (χ4v) is 2.71. The van der Waals surface area contributed by atoms with Crippen molar-refractivity contribution in [2.45, 2.75) is 12.5 Å². The number of carbonyl (C=O) groups excluding carboxylic acids is 1. The smallest absolute Gasteiger partial charge is 0.267 e. The lowest BCUT2D eigenvalue weighted by Gasteiger charge is -2.10. The highest BCUT2D eigenvalue weighted by Crippen LogP contribution is 2.25. The molecular formula is C19H21FN4O. The van der Waals surface area contributed by atoms with Crippen molar-refractivity contribution in [2.24, 2.45) is 11.5 Å². The van der Waals surface area contributed by atoms with Crippen molar-refractivity contribution in [2.75, 3.05) is 13.1 Å². The van der Waals surface area contributed by atoms with Gasteiger partial charge in [0.15, 0.2) is 0 Å². The summed E-state index contributed by atoms with van der Waals surface area (Å²) in [6.07, 6.45) is 0.661. The number of nitrogens with one attached hydrogen (secondary N) is 2. The Labute approximate surface area is 145 Å². The highest BCUT2D eigenvalue weighted by Gasteiger charge is 2.11. The largest absolute Gasteiger partial charge is 0.351 e. The number of fused-ring (bicyclic) bond motifs is 1. The second-order valence-electron chi connectivity index (χ2n) is 6.04. The number of amides is 1. The molecule has 3 aromatic rings. The number of nitrogens with two attached hydrogens (primary N) is 2. The van der Waals surface area contributed by atoms with Gasteiger partial charge in [-0.25, -0.2) is 4.39 Å². The number of aromatic amines is 1. The van der Waals surface area contributed by atoms with Crippen LogP contribution < -0.4 is 16.8 Å². The van der Waals surface area contributed by atoms with E-state index in [-0.39, 0.29) is 17.8 Å². The average molecular weight is 340 g/mol. The fraction of sp³-hybridized carbons (Fsp3) is 0.211. The Morgan fingerprint density at radius 3 is 2.56 bits per heavy atom. The van der Waals surface area contributed by atoms with Gasteiger partial charge >= 0.3 is 0 Å². The van der Waals surface area contributed by atoms with Gasteiger partial charge in [0.2, 0.25) is 0 Å². The number of hydrogen-bond donors (Lipinski definition) is 4. The first-order valence-corrected chi connectivity index (χ1v) is 8.19. The van der Waals surface area contributed by atoms with Gasteiger partial charge in [-0.1, -0.05) is 24.3 Å². The predicted molar refractivity (Wildman–Crippen MR) is 97.7 cm³/mol. The second kappa shape index (κ2) is 7.46. The van der Waals surface area contributed by atoms with Crippen LogP contribution in [-0.4, -0.2) is 30.0 Å². The van der Waals surface area contributed by atoms with Crippen molar-refractivity contribution in [1.82, 2.24) is 10.3 Å². The zero-order valence-electron chi connectivity index (χ0n) is 13.8. The number of H-pyrrole nitrogens is 1. The Morgan fingerprint density at radius 1 is 1.12 bits per heavy atom. The number of benzene rings is 2. The molecule has 0 aliphatic carbocycles. The Hall–Kier alpha value is -2.70. The van der Waals surface area contributed by atoms with Crippen molar-refractivity contribution >= 4 is 16.8 Å². The molecule has 0 aliphatic rings. The number of aromatic nitrogens is 1. The molecular weight excluding hydrogens is 319 g/mol. The molecule has 5 nitrogen and oxygen atoms in total. The van der Waals surface area contributed by atoms with Gasteiger partial charge in [-0.15, -0.1) is 0 Å². The molecule has 6 N–H and O–H groups in total. The van der Waals surface area contributed by atoms with Crippen LogP contribution >= 0.6 is 0 Å². The summed E-state index contributed by atoms with van der Waals surface area (Å²) >= 11 is 0. The quantitative estimate of drug-likeness (QED) is 0.555. The van der Waals surface area contributed by atoms with Crippen molar-refractivity contribution in [1.29, 1.82) is 0 Å². The molecule has 0 spiro atoms. The van der Waals surface area contributed by atoms with E-state index in [1.54, 1.807) is 18.2 Å². The van der Waals surface area contributed by atoms with Gasteiger partial charge < -0.3 is 21.8 Å². The summed E-state index contributed by atoms with van der Waals surface area (Å²) in [5.74, 6) is -0.469. The van der Waals surface area contributed by atoms with E-state index < -0.39 is 0 Å². The van der Waals surface area contributed by atoms with Gasteiger partial charge in [-0.05, 0) is 48.4 Å². The molecule has 6 heteroatoms. The molecule has 1 amide bonds. The van der Waals surface area contributed by atoms with Gasteiger partial charge in [-0.3, -0.25) is 4.79 Å². The van der Waals surface area contributed by atoms with E-state index in [4.69, 9.17) is 11.5 Å². The third-order valence-corrected chi connectivity index (χ3v) is 4.11. The van der Waals surface area contributed by atoms with E-state index in [0.717, 1.165) is 22.0 Å². The van der Waals surface area contributed by atoms with Gasteiger partial charge in [-0.2, -0.15) is 0 Å². The lowest BCUT2D eigenvalue weighted by Crippen LogP contribution is -2.38. The van der Waals surface area contributed by atoms with Gasteiger partial charge in [0.25, 0.3) is 5.91 Å². The molecule has 1 atom stereocenters. The summed E-state index contributed by atoms with van der Waals surface area (Å²) in [6.45, 7) is 0.877. The van der Waals surface area contributed by atoms with E-state index in [1.807, 2.05) is 18.2 Å². The Balaban J connectivity index is 1.78. The average Bonchev–Trinajstić information content (AvgIpc) is 3.04. The summed E-state index contributed by atoms with van der Waals surface area (Å²) < 4.78 is 13.1. The molecule has 0 saturated carbocycles. The van der Waals surface area contributed by atoms with Crippen LogP contribution in [0.25, 0.3) is 22.0 Å². The minimum absolute atomic E-state index is 0.150. The summed E-state index contributed by atoms with van der Waals surface area (Å²) in [6, 6.07) is 13.8. The molecule has 0 fully saturated rings. The zero-order chi connectivity index (χ0) is 17.8. The molecule has 2 aromatic carbocycles. The maximum Gasteiger partial charge on any atom is 0.267 e. The van der Waals surface area contributed by atoms with Crippen molar-refractivity contribution < 1.29 is 9.18 Å². The minimum Gasteiger partial charge on any atom is -0.351 e. The number of carbonyl (C=O) groups is 1. The van der Waals surface area contributed by atoms with E-state index in [0.29, 0.717) is 25.2 Å². The first-order chi connectivity index (χ1) is 12.1. The first-order valence-electron chi connectivity index (χ1n) is 8.19. The normalized spacial score (nSPS) is 12.3. The summed E-state index contributed by atoms with van der Waals surface area (Å²) in [5, 5.41) is 3.74. The number of hydrogen-bond acceptors (Lipinski definition) is 3. The van der Waals surface area contributed by atoms with Crippen LogP contribution in [0, 0.1) is 5.82 Å². The van der Waals surface area contributed by atoms with Crippen molar-refractivity contribution in [3.63, 3.8) is 0 Å². The van der Waals surface area contributed by atoms with Crippen LogP contribution in [0.1, 0.15) is 16.9 Å². The minimum atomic E-state index is -0.267. The molecule has 1 unspecified atom stereocenters. The van der Waals surface area contributed by atoms with E-state index in [1.165, 1.54) is 12.1 Å². The standard InChI is InChI=1S/C19H21FN4O/c20-15-5-3-12(4-6-15)13-1-2-14-10-18(24-17(14)9-13)19(25)23-11-16(22)7-8-21/h1-6,9-10,16,24H,7-8,11,21-22H2,(H,23,25). The topological polar surface area (TPSA) is 96.9 Å². The van der Waals surface area contributed by atoms with Crippen molar-refractivity contribution in [3.05, 3.63) is 60.0 Å². The van der Waals surface area contributed by atoms with Gasteiger partial charge in [0.1, 0.15) is 11.5 Å². The fourth-order valence-electron chi connectivity index (χ4n) is 2.71. The van der Waals surface area contributed by atoms with E-state index >= 15 is 0 Å². The van der Waals surface area contributed by atoms with Crippen LogP contribution in [0.4, 0.5) is 4.39 Å². The SMILES string of the molecule is NCCC(N)CNC(=O)c1cc2ccc(-c3ccc(F)cc3)cc2[nH]1. The summed E-state index contributed by atoms with van der Waals surface area (Å²) in [7, 11) is 0. The highest BCUT2D eigenvalue weighted by atomic mass is 19.1. The molecule has 25 heavy (non-hydrogen) atoms. The second-order valence-corrected chi connectivity index (χ2v) is 6.04. The zero-order valence-corrected chi connectivity index (χ0v) is 13.8. The van der Waals surface area contributed by atoms with Crippen LogP contribution in [0.3, 0.4) is 0 Å². The molecule has 0 saturated heterocycles. The lowest BCUT2D eigenvalue weighted by atomic mass is 10.0. The van der Waals surface area contributed by atoms with Gasteiger partial charge in [0.05, 0.1) is 0 Å². The molecule has 1 aromatic heterocycles. The van der Waals surface area contributed by atoms with Crippen LogP contribution in [-0.2, 0) is 0 Å². The highest BCUT2D eigenvalue weighted by molar-refractivity contribution is 5.98. The maximum atomic E-state index is 13.1. The van der Waals surface area contributed by atoms with Crippen molar-refractivity contribution in [3.8, 4) is 11.1 Å².